The summed E-state index contributed by atoms with van der Waals surface area (Å²) in [6.45, 7) is 1.90. The summed E-state index contributed by atoms with van der Waals surface area (Å²) in [6.07, 6.45) is 1.14. The van der Waals surface area contributed by atoms with Crippen LogP contribution >= 0.6 is 0 Å². The molecule has 0 atom stereocenters. The Morgan fingerprint density at radius 1 is 1.08 bits per heavy atom. The lowest BCUT2D eigenvalue weighted by Crippen LogP contribution is -2.01. The van der Waals surface area contributed by atoms with E-state index in [1.54, 1.807) is 12.1 Å². The van der Waals surface area contributed by atoms with Gasteiger partial charge >= 0.3 is 0 Å². The smallest absolute Gasteiger partial charge is 0.211 e. The average molecular weight is 178 g/mol. The Kier molecular flexibility index (Phi) is 3.03. The highest BCUT2D eigenvalue weighted by Gasteiger charge is 1.99. The molecule has 0 heterocycles. The summed E-state index contributed by atoms with van der Waals surface area (Å²) < 4.78 is 0. The number of amides is 2. The Morgan fingerprint density at radius 3 is 2.31 bits per heavy atom. The highest BCUT2D eigenvalue weighted by molar-refractivity contribution is 5.86. The van der Waals surface area contributed by atoms with Crippen molar-refractivity contribution in [3.63, 3.8) is 0 Å². The SMILES string of the molecule is Cc1ccc(NC=O)c(NC=O)c1. The maximum atomic E-state index is 10.2. The summed E-state index contributed by atoms with van der Waals surface area (Å²) in [7, 11) is 0. The monoisotopic (exact) mass is 178 g/mol. The molecule has 0 aromatic heterocycles. The van der Waals surface area contributed by atoms with Gasteiger partial charge in [0.15, 0.2) is 0 Å². The third kappa shape index (κ3) is 2.30. The van der Waals surface area contributed by atoms with Crippen LogP contribution in [0.25, 0.3) is 0 Å². The van der Waals surface area contributed by atoms with Crippen LogP contribution in [0, 0.1) is 6.92 Å². The molecule has 2 amide bonds. The van der Waals surface area contributed by atoms with Gasteiger partial charge in [0.25, 0.3) is 0 Å². The van der Waals surface area contributed by atoms with E-state index in [0.29, 0.717) is 24.2 Å². The van der Waals surface area contributed by atoms with Crippen molar-refractivity contribution in [1.82, 2.24) is 0 Å². The molecule has 0 aliphatic carbocycles. The van der Waals surface area contributed by atoms with Crippen molar-refractivity contribution in [1.29, 1.82) is 0 Å². The molecule has 0 aliphatic heterocycles. The van der Waals surface area contributed by atoms with Crippen LogP contribution in [0.2, 0.25) is 0 Å². The predicted molar refractivity (Wildman–Crippen MR) is 50.6 cm³/mol. The topological polar surface area (TPSA) is 58.2 Å². The van der Waals surface area contributed by atoms with Crippen molar-refractivity contribution in [2.75, 3.05) is 10.6 Å². The molecule has 2 N–H and O–H groups in total. The fraction of sp³-hybridized carbons (Fsp3) is 0.111. The third-order valence-corrected chi connectivity index (χ3v) is 1.60. The van der Waals surface area contributed by atoms with Crippen molar-refractivity contribution >= 4 is 24.2 Å². The van der Waals surface area contributed by atoms with Crippen molar-refractivity contribution in [3.05, 3.63) is 23.8 Å². The molecule has 0 bridgehead atoms. The minimum atomic E-state index is 0.570. The summed E-state index contributed by atoms with van der Waals surface area (Å²) in [4.78, 5) is 20.4. The zero-order valence-corrected chi connectivity index (χ0v) is 7.20. The Labute approximate surface area is 75.9 Å². The highest BCUT2D eigenvalue weighted by atomic mass is 16.1. The Morgan fingerprint density at radius 2 is 1.69 bits per heavy atom. The maximum absolute atomic E-state index is 10.2. The van der Waals surface area contributed by atoms with Crippen LogP contribution in [0.4, 0.5) is 11.4 Å². The number of hydrogen-bond donors (Lipinski definition) is 2. The largest absolute Gasteiger partial charge is 0.327 e. The quantitative estimate of drug-likeness (QED) is 0.679. The van der Waals surface area contributed by atoms with Gasteiger partial charge in [0, 0.05) is 0 Å². The second-order valence-corrected chi connectivity index (χ2v) is 2.57. The van der Waals surface area contributed by atoms with Crippen LogP contribution < -0.4 is 10.6 Å². The first-order valence-electron chi connectivity index (χ1n) is 3.79. The van der Waals surface area contributed by atoms with E-state index in [1.807, 2.05) is 13.0 Å². The molecule has 1 aromatic rings. The normalized spacial score (nSPS) is 9.00. The van der Waals surface area contributed by atoms with E-state index in [-0.39, 0.29) is 0 Å². The van der Waals surface area contributed by atoms with Gasteiger partial charge in [-0.05, 0) is 24.6 Å². The molecule has 0 radical (unpaired) electrons. The number of carbonyl (C=O) groups is 2. The van der Waals surface area contributed by atoms with Crippen LogP contribution in [0.15, 0.2) is 18.2 Å². The van der Waals surface area contributed by atoms with Gasteiger partial charge in [-0.1, -0.05) is 6.07 Å². The lowest BCUT2D eigenvalue weighted by atomic mass is 10.2. The van der Waals surface area contributed by atoms with Gasteiger partial charge in [-0.25, -0.2) is 0 Å². The molecule has 4 heteroatoms. The summed E-state index contributed by atoms with van der Waals surface area (Å²) in [5.41, 5.74) is 2.20. The van der Waals surface area contributed by atoms with Gasteiger partial charge < -0.3 is 10.6 Å². The molecular formula is C9H10N2O2. The molecule has 0 saturated heterocycles. The minimum Gasteiger partial charge on any atom is -0.327 e. The summed E-state index contributed by atoms with van der Waals surface area (Å²) in [6, 6.07) is 5.36. The molecule has 68 valence electrons. The van der Waals surface area contributed by atoms with E-state index in [9.17, 15) is 9.59 Å². The lowest BCUT2D eigenvalue weighted by molar-refractivity contribution is -0.106. The van der Waals surface area contributed by atoms with Crippen LogP contribution in [-0.2, 0) is 9.59 Å². The number of hydrogen-bond acceptors (Lipinski definition) is 2. The Hall–Kier alpha value is -1.84. The molecule has 0 spiro atoms. The fourth-order valence-corrected chi connectivity index (χ4v) is 1.03. The van der Waals surface area contributed by atoms with E-state index < -0.39 is 0 Å². The van der Waals surface area contributed by atoms with E-state index in [0.717, 1.165) is 5.56 Å². The van der Waals surface area contributed by atoms with Crippen molar-refractivity contribution < 1.29 is 9.59 Å². The summed E-state index contributed by atoms with van der Waals surface area (Å²) in [5.74, 6) is 0. The number of aryl methyl sites for hydroxylation is 1. The molecule has 0 fully saturated rings. The molecule has 0 unspecified atom stereocenters. The zero-order valence-electron chi connectivity index (χ0n) is 7.20. The Balaban J connectivity index is 3.01. The molecule has 4 nitrogen and oxygen atoms in total. The van der Waals surface area contributed by atoms with Crippen molar-refractivity contribution in [2.45, 2.75) is 6.92 Å². The maximum Gasteiger partial charge on any atom is 0.211 e. The average Bonchev–Trinajstić information content (AvgIpc) is 2.10. The first-order valence-corrected chi connectivity index (χ1v) is 3.79. The standard InChI is InChI=1S/C9H10N2O2/c1-7-2-3-8(10-5-12)9(4-7)11-6-13/h2-6H,1H3,(H,10,12)(H,11,13). The Bertz CT molecular complexity index is 323. The number of anilines is 2. The fourth-order valence-electron chi connectivity index (χ4n) is 1.03. The second kappa shape index (κ2) is 4.25. The second-order valence-electron chi connectivity index (χ2n) is 2.57. The highest BCUT2D eigenvalue weighted by Crippen LogP contribution is 2.21. The number of rotatable bonds is 4. The number of benzene rings is 1. The van der Waals surface area contributed by atoms with Crippen LogP contribution in [0.5, 0.6) is 0 Å². The molecule has 0 saturated carbocycles. The first kappa shape index (κ1) is 9.25. The summed E-state index contributed by atoms with van der Waals surface area (Å²) >= 11 is 0. The molecule has 1 aromatic carbocycles. The number of nitrogens with one attached hydrogen (secondary N) is 2. The summed E-state index contributed by atoms with van der Waals surface area (Å²) in [5, 5.41) is 4.99. The van der Waals surface area contributed by atoms with E-state index in [4.69, 9.17) is 0 Å². The van der Waals surface area contributed by atoms with E-state index >= 15 is 0 Å². The predicted octanol–water partition coefficient (Wildman–Crippen LogP) is 1.13. The van der Waals surface area contributed by atoms with Gasteiger partial charge in [0.05, 0.1) is 11.4 Å². The molecule has 13 heavy (non-hydrogen) atoms. The third-order valence-electron chi connectivity index (χ3n) is 1.60. The lowest BCUT2D eigenvalue weighted by Gasteiger charge is -2.07. The van der Waals surface area contributed by atoms with E-state index in [2.05, 4.69) is 10.6 Å². The van der Waals surface area contributed by atoms with Crippen molar-refractivity contribution in [3.8, 4) is 0 Å². The zero-order chi connectivity index (χ0) is 9.68. The minimum absolute atomic E-state index is 0.570. The van der Waals surface area contributed by atoms with Gasteiger partial charge in [0.2, 0.25) is 12.8 Å². The van der Waals surface area contributed by atoms with Gasteiger partial charge in [-0.3, -0.25) is 9.59 Å². The van der Waals surface area contributed by atoms with Gasteiger partial charge in [-0.2, -0.15) is 0 Å². The molecule has 0 aliphatic rings. The van der Waals surface area contributed by atoms with Gasteiger partial charge in [-0.15, -0.1) is 0 Å². The van der Waals surface area contributed by atoms with Crippen LogP contribution in [0.1, 0.15) is 5.56 Å². The first-order chi connectivity index (χ1) is 6.27. The van der Waals surface area contributed by atoms with Crippen molar-refractivity contribution in [2.24, 2.45) is 0 Å². The molecular weight excluding hydrogens is 168 g/mol. The molecule has 1 rings (SSSR count). The van der Waals surface area contributed by atoms with Crippen LogP contribution in [-0.4, -0.2) is 12.8 Å². The van der Waals surface area contributed by atoms with Crippen LogP contribution in [0.3, 0.4) is 0 Å². The van der Waals surface area contributed by atoms with Gasteiger partial charge in [0.1, 0.15) is 0 Å². The number of carbonyl (C=O) groups excluding carboxylic acids is 2. The van der Waals surface area contributed by atoms with E-state index in [1.165, 1.54) is 0 Å².